The van der Waals surface area contributed by atoms with Gasteiger partial charge in [-0.05, 0) is 73.3 Å². The Bertz CT molecular complexity index is 1450. The van der Waals surface area contributed by atoms with Crippen LogP contribution in [-0.2, 0) is 6.54 Å². The molecule has 1 fully saturated rings. The predicted octanol–water partition coefficient (Wildman–Crippen LogP) is 4.63. The third-order valence-electron chi connectivity index (χ3n) is 7.73. The maximum atomic E-state index is 13.9. The van der Waals surface area contributed by atoms with Gasteiger partial charge in [-0.3, -0.25) is 4.79 Å². The van der Waals surface area contributed by atoms with Crippen molar-refractivity contribution < 1.29 is 26.8 Å². The first-order valence-electron chi connectivity index (χ1n) is 14.0. The minimum absolute atomic E-state index is 0.0628. The van der Waals surface area contributed by atoms with Crippen LogP contribution in [0.1, 0.15) is 29.4 Å². The molecule has 3 N–H and O–H groups in total. The quantitative estimate of drug-likeness (QED) is 0.137. The van der Waals surface area contributed by atoms with Crippen LogP contribution in [0.25, 0.3) is 10.9 Å². The first-order valence-corrected chi connectivity index (χ1v) is 15.4. The molecule has 1 saturated heterocycles. The highest BCUT2D eigenvalue weighted by Crippen LogP contribution is 2.33. The lowest BCUT2D eigenvalue weighted by molar-refractivity contribution is -0.140. The summed E-state index contributed by atoms with van der Waals surface area (Å²) in [5.74, 6) is 6.21. The monoisotopic (exact) mass is 603 g/mol. The van der Waals surface area contributed by atoms with Crippen LogP contribution in [0, 0.1) is 17.8 Å². The van der Waals surface area contributed by atoms with E-state index in [0.29, 0.717) is 40.1 Å². The molecule has 1 aromatic heterocycles. The van der Waals surface area contributed by atoms with Crippen LogP contribution in [-0.4, -0.2) is 78.3 Å². The first-order chi connectivity index (χ1) is 20.2. The molecule has 2 heterocycles. The highest BCUT2D eigenvalue weighted by atomic mass is 28.3. The number of fused-ring (bicyclic) bond motifs is 1. The fourth-order valence-electron chi connectivity index (χ4n) is 5.42. The number of methoxy groups -OCH3 is 1. The van der Waals surface area contributed by atoms with Gasteiger partial charge in [-0.25, -0.2) is 0 Å². The van der Waals surface area contributed by atoms with E-state index in [1.807, 2.05) is 6.07 Å². The van der Waals surface area contributed by atoms with Gasteiger partial charge in [0.2, 0.25) is 9.85 Å². The van der Waals surface area contributed by atoms with E-state index in [9.17, 15) is 22.1 Å². The molecule has 1 amide bonds. The number of benzene rings is 2. The molecular weight excluding hydrogens is 566 g/mol. The molecule has 0 aliphatic carbocycles. The highest BCUT2D eigenvalue weighted by Gasteiger charge is 2.31. The van der Waals surface area contributed by atoms with Gasteiger partial charge in [0, 0.05) is 36.8 Å². The van der Waals surface area contributed by atoms with Crippen LogP contribution in [0.4, 0.5) is 28.7 Å². The number of hydrogen-bond donors (Lipinski definition) is 3. The number of halogens is 4. The Morgan fingerprint density at radius 1 is 1.17 bits per heavy atom. The third-order valence-corrected chi connectivity index (χ3v) is 9.05. The number of nitrogens with zero attached hydrogens (tertiary/aromatic N) is 2. The number of carbonyl (C=O) groups excluding carboxylic acids is 1. The number of amides is 1. The van der Waals surface area contributed by atoms with E-state index in [4.69, 9.17) is 4.74 Å². The Morgan fingerprint density at radius 2 is 1.98 bits per heavy atom. The molecule has 1 aliphatic heterocycles. The number of nitrogens with one attached hydrogen (secondary N) is 3. The number of likely N-dealkylation sites (tertiary alicyclic amines) is 1. The largest absolute Gasteiger partial charge is 0.495 e. The predicted molar refractivity (Wildman–Crippen MR) is 162 cm³/mol. The van der Waals surface area contributed by atoms with E-state index >= 15 is 0 Å². The summed E-state index contributed by atoms with van der Waals surface area (Å²) < 4.78 is 61.3. The summed E-state index contributed by atoms with van der Waals surface area (Å²) in [6, 6.07) is 11.8. The van der Waals surface area contributed by atoms with Crippen LogP contribution in [0.15, 0.2) is 42.5 Å². The van der Waals surface area contributed by atoms with Crippen molar-refractivity contribution in [2.75, 3.05) is 57.5 Å². The number of aromatic nitrogens is 1. The maximum Gasteiger partial charge on any atom is 0.406 e. The Balaban J connectivity index is 1.55. The molecule has 3 aromatic rings. The van der Waals surface area contributed by atoms with Crippen LogP contribution in [0.2, 0.25) is 5.54 Å². The summed E-state index contributed by atoms with van der Waals surface area (Å²) in [5.41, 5.74) is 2.48. The van der Waals surface area contributed by atoms with Gasteiger partial charge in [0.25, 0.3) is 5.91 Å². The standard InChI is InChI=1S/C30H37F4N5O2Si/c1-4-38-14-12-21(28(18-38)42-34)17-37-24-8-5-9-26-23(24)16-22(39(26)19-30(31,32)33)7-6-13-36-25-11-10-20(29(40)35-2)15-27(25)41-3/h5,8-11,15-16,21,28,36-37H,4,12-14,17-19,42H2,1-3H3,(H,35,40)/t21-,28?/m0/s1. The average Bonchev–Trinajstić information content (AvgIpc) is 3.33. The Kier molecular flexibility index (Phi) is 10.4. The Morgan fingerprint density at radius 3 is 2.67 bits per heavy atom. The molecule has 42 heavy (non-hydrogen) atoms. The average molecular weight is 604 g/mol. The van der Waals surface area contributed by atoms with Crippen LogP contribution >= 0.6 is 0 Å². The Hall–Kier alpha value is -3.69. The second-order valence-electron chi connectivity index (χ2n) is 10.4. The van der Waals surface area contributed by atoms with Crippen LogP contribution < -0.4 is 20.7 Å². The SMILES string of the molecule is CCN1CC[C@@H](CNc2cccc3c2cc(C#CCNc2ccc(C(=O)NC)cc2OC)n3CC(F)(F)F)C([SiH2]F)C1. The first kappa shape index (κ1) is 31.2. The zero-order chi connectivity index (χ0) is 30.3. The number of anilines is 2. The van der Waals surface area contributed by atoms with E-state index in [-0.39, 0.29) is 29.6 Å². The molecular formula is C30H37F4N5O2Si. The molecule has 12 heteroatoms. The van der Waals surface area contributed by atoms with Gasteiger partial charge < -0.3 is 34.3 Å². The molecule has 0 bridgehead atoms. The number of hydrogen-bond acceptors (Lipinski definition) is 5. The fourth-order valence-corrected chi connectivity index (χ4v) is 6.53. The lowest BCUT2D eigenvalue weighted by atomic mass is 9.95. The van der Waals surface area contributed by atoms with E-state index < -0.39 is 22.6 Å². The van der Waals surface area contributed by atoms with Crippen molar-refractivity contribution in [3.05, 3.63) is 53.7 Å². The topological polar surface area (TPSA) is 70.6 Å². The van der Waals surface area contributed by atoms with E-state index in [0.717, 1.165) is 26.1 Å². The summed E-state index contributed by atoms with van der Waals surface area (Å²) in [6.07, 6.45) is -3.54. The van der Waals surface area contributed by atoms with Gasteiger partial charge in [-0.15, -0.1) is 0 Å². The van der Waals surface area contributed by atoms with Crippen molar-refractivity contribution in [1.29, 1.82) is 0 Å². The van der Waals surface area contributed by atoms with Crippen molar-refractivity contribution in [2.45, 2.75) is 31.6 Å². The number of carbonyl (C=O) groups is 1. The highest BCUT2D eigenvalue weighted by molar-refractivity contribution is 6.28. The van der Waals surface area contributed by atoms with Gasteiger partial charge in [-0.2, -0.15) is 13.2 Å². The van der Waals surface area contributed by atoms with Crippen molar-refractivity contribution in [3.8, 4) is 17.6 Å². The molecule has 226 valence electrons. The lowest BCUT2D eigenvalue weighted by Gasteiger charge is -2.37. The van der Waals surface area contributed by atoms with Gasteiger partial charge in [-0.1, -0.05) is 18.9 Å². The fraction of sp³-hybridized carbons (Fsp3) is 0.433. The molecule has 2 aromatic carbocycles. The minimum atomic E-state index is -4.43. The van der Waals surface area contributed by atoms with Crippen molar-refractivity contribution in [3.63, 3.8) is 0 Å². The molecule has 4 rings (SSSR count). The maximum absolute atomic E-state index is 13.9. The second kappa shape index (κ2) is 14.0. The zero-order valence-corrected chi connectivity index (χ0v) is 25.5. The summed E-state index contributed by atoms with van der Waals surface area (Å²) in [5, 5.41) is 9.71. The van der Waals surface area contributed by atoms with Gasteiger partial charge in [0.05, 0.1) is 30.6 Å². The number of piperidine rings is 1. The molecule has 0 radical (unpaired) electrons. The third kappa shape index (κ3) is 7.57. The summed E-state index contributed by atoms with van der Waals surface area (Å²) in [4.78, 5) is 14.2. The molecule has 2 atom stereocenters. The second-order valence-corrected chi connectivity index (χ2v) is 11.7. The summed E-state index contributed by atoms with van der Waals surface area (Å²) >= 11 is 0. The summed E-state index contributed by atoms with van der Waals surface area (Å²) in [7, 11) is 1.33. The molecule has 0 spiro atoms. The van der Waals surface area contributed by atoms with E-state index in [1.165, 1.54) is 18.7 Å². The normalized spacial score (nSPS) is 17.7. The number of rotatable bonds is 10. The smallest absolute Gasteiger partial charge is 0.406 e. The number of ether oxygens (including phenoxy) is 1. The zero-order valence-electron chi connectivity index (χ0n) is 24.1. The van der Waals surface area contributed by atoms with Crippen LogP contribution in [0.3, 0.4) is 0 Å². The van der Waals surface area contributed by atoms with Gasteiger partial charge >= 0.3 is 6.18 Å². The molecule has 1 aliphatic rings. The van der Waals surface area contributed by atoms with Crippen molar-refractivity contribution in [1.82, 2.24) is 14.8 Å². The van der Waals surface area contributed by atoms with E-state index in [2.05, 4.69) is 39.6 Å². The van der Waals surface area contributed by atoms with Crippen molar-refractivity contribution >= 4 is 38.0 Å². The molecule has 1 unspecified atom stereocenters. The summed E-state index contributed by atoms with van der Waals surface area (Å²) in [6.45, 7) is 4.24. The van der Waals surface area contributed by atoms with Crippen molar-refractivity contribution in [2.24, 2.45) is 5.92 Å². The molecule has 7 nitrogen and oxygen atoms in total. The lowest BCUT2D eigenvalue weighted by Crippen LogP contribution is -2.41. The minimum Gasteiger partial charge on any atom is -0.495 e. The van der Waals surface area contributed by atoms with E-state index in [1.54, 1.807) is 36.4 Å². The van der Waals surface area contributed by atoms with Crippen LogP contribution in [0.5, 0.6) is 5.75 Å². The van der Waals surface area contributed by atoms with Gasteiger partial charge in [0.1, 0.15) is 12.3 Å². The molecule has 0 saturated carbocycles. The number of alkyl halides is 3. The Labute approximate surface area is 246 Å². The van der Waals surface area contributed by atoms with Gasteiger partial charge in [0.15, 0.2) is 0 Å².